The number of aliphatic hydroxyl groups excluding tert-OH is 1. The quantitative estimate of drug-likeness (QED) is 0.868. The molecule has 19 heavy (non-hydrogen) atoms. The molecule has 0 spiro atoms. The Labute approximate surface area is 111 Å². The van der Waals surface area contributed by atoms with Crippen LogP contribution in [0.3, 0.4) is 0 Å². The van der Waals surface area contributed by atoms with E-state index < -0.39 is 5.41 Å². The number of carbonyl (C=O) groups is 1. The molecule has 0 atom stereocenters. The van der Waals surface area contributed by atoms with Crippen LogP contribution in [0.15, 0.2) is 18.2 Å². The zero-order valence-electron chi connectivity index (χ0n) is 10.6. The predicted molar refractivity (Wildman–Crippen MR) is 69.4 cm³/mol. The van der Waals surface area contributed by atoms with Crippen molar-refractivity contribution in [1.29, 1.82) is 0 Å². The van der Waals surface area contributed by atoms with Crippen LogP contribution in [-0.2, 0) is 4.79 Å². The molecule has 1 heterocycles. The first kappa shape index (κ1) is 12.3. The van der Waals surface area contributed by atoms with Crippen LogP contribution in [0.2, 0.25) is 0 Å². The first-order chi connectivity index (χ1) is 9.23. The Bertz CT molecular complexity index is 496. The predicted octanol–water partition coefficient (Wildman–Crippen LogP) is 1.56. The lowest BCUT2D eigenvalue weighted by molar-refractivity contribution is -0.122. The fourth-order valence-electron chi connectivity index (χ4n) is 2.11. The molecular formula is C14H17NO4. The zero-order valence-corrected chi connectivity index (χ0v) is 10.6. The Kier molecular flexibility index (Phi) is 3.06. The molecule has 0 bridgehead atoms. The highest BCUT2D eigenvalue weighted by Gasteiger charge is 2.49. The number of anilines is 1. The Balaban J connectivity index is 1.75. The number of nitrogens with one attached hydrogen (secondary N) is 1. The summed E-state index contributed by atoms with van der Waals surface area (Å²) in [5.41, 5.74) is 0.110. The van der Waals surface area contributed by atoms with E-state index in [4.69, 9.17) is 9.47 Å². The van der Waals surface area contributed by atoms with E-state index in [1.54, 1.807) is 18.2 Å². The second kappa shape index (κ2) is 4.74. The van der Waals surface area contributed by atoms with Crippen LogP contribution in [0.25, 0.3) is 0 Å². The summed E-state index contributed by atoms with van der Waals surface area (Å²) in [7, 11) is 0. The molecular weight excluding hydrogens is 246 g/mol. The van der Waals surface area contributed by atoms with E-state index in [9.17, 15) is 9.90 Å². The topological polar surface area (TPSA) is 67.8 Å². The van der Waals surface area contributed by atoms with Crippen molar-refractivity contribution in [3.8, 4) is 11.5 Å². The van der Waals surface area contributed by atoms with Crippen molar-refractivity contribution in [2.24, 2.45) is 5.41 Å². The molecule has 0 radical (unpaired) electrons. The molecule has 0 unspecified atom stereocenters. The number of ether oxygens (including phenoxy) is 2. The third kappa shape index (κ3) is 2.38. The van der Waals surface area contributed by atoms with Gasteiger partial charge >= 0.3 is 0 Å². The zero-order chi connectivity index (χ0) is 13.3. The number of carbonyl (C=O) groups excluding carboxylic acids is 1. The van der Waals surface area contributed by atoms with Gasteiger partial charge in [-0.15, -0.1) is 0 Å². The number of aliphatic hydroxyl groups is 1. The van der Waals surface area contributed by atoms with Crippen molar-refractivity contribution in [3.05, 3.63) is 18.2 Å². The van der Waals surface area contributed by atoms with Gasteiger partial charge in [0.05, 0.1) is 25.2 Å². The average Bonchev–Trinajstić information content (AvgIpc) is 3.23. The van der Waals surface area contributed by atoms with Gasteiger partial charge in [0.15, 0.2) is 11.5 Å². The summed E-state index contributed by atoms with van der Waals surface area (Å²) in [4.78, 5) is 12.0. The van der Waals surface area contributed by atoms with E-state index in [1.165, 1.54) is 0 Å². The van der Waals surface area contributed by atoms with Gasteiger partial charge in [-0.25, -0.2) is 0 Å². The molecule has 1 aromatic rings. The lowest BCUT2D eigenvalue weighted by Crippen LogP contribution is -2.27. The lowest BCUT2D eigenvalue weighted by Gasteiger charge is -2.14. The summed E-state index contributed by atoms with van der Waals surface area (Å²) in [6.45, 7) is 1.17. The first-order valence-electron chi connectivity index (χ1n) is 6.55. The van der Waals surface area contributed by atoms with E-state index in [0.29, 0.717) is 30.4 Å². The summed E-state index contributed by atoms with van der Waals surface area (Å²) in [5.74, 6) is 1.24. The molecule has 5 nitrogen and oxygen atoms in total. The van der Waals surface area contributed by atoms with Gasteiger partial charge in [-0.05, 0) is 25.0 Å². The summed E-state index contributed by atoms with van der Waals surface area (Å²) in [6, 6.07) is 5.36. The SMILES string of the molecule is O=C(Nc1ccc2c(c1)OCCCO2)C1(CO)CC1. The fraction of sp³-hybridized carbons (Fsp3) is 0.500. The minimum atomic E-state index is -0.565. The minimum absolute atomic E-state index is 0.0939. The Hall–Kier alpha value is -1.75. The molecule has 5 heteroatoms. The Morgan fingerprint density at radius 1 is 1.26 bits per heavy atom. The van der Waals surface area contributed by atoms with Gasteiger partial charge in [-0.1, -0.05) is 0 Å². The normalized spacial score (nSPS) is 19.4. The number of hydrogen-bond donors (Lipinski definition) is 2. The maximum absolute atomic E-state index is 12.0. The van der Waals surface area contributed by atoms with Crippen molar-refractivity contribution in [2.75, 3.05) is 25.1 Å². The van der Waals surface area contributed by atoms with Crippen LogP contribution in [0.4, 0.5) is 5.69 Å². The smallest absolute Gasteiger partial charge is 0.232 e. The second-order valence-corrected chi connectivity index (χ2v) is 5.10. The highest BCUT2D eigenvalue weighted by Crippen LogP contribution is 2.46. The van der Waals surface area contributed by atoms with E-state index in [-0.39, 0.29) is 12.5 Å². The summed E-state index contributed by atoms with van der Waals surface area (Å²) >= 11 is 0. The van der Waals surface area contributed by atoms with Gasteiger partial charge in [-0.2, -0.15) is 0 Å². The van der Waals surface area contributed by atoms with E-state index in [0.717, 1.165) is 19.3 Å². The minimum Gasteiger partial charge on any atom is -0.490 e. The van der Waals surface area contributed by atoms with Crippen LogP contribution in [0, 0.1) is 5.41 Å². The number of fused-ring (bicyclic) bond motifs is 1. The van der Waals surface area contributed by atoms with Gasteiger partial charge in [0.1, 0.15) is 0 Å². The van der Waals surface area contributed by atoms with Gasteiger partial charge < -0.3 is 19.9 Å². The molecule has 1 saturated carbocycles. The van der Waals surface area contributed by atoms with Crippen molar-refractivity contribution >= 4 is 11.6 Å². The molecule has 2 N–H and O–H groups in total. The third-order valence-electron chi connectivity index (χ3n) is 3.64. The van der Waals surface area contributed by atoms with Gasteiger partial charge in [0.2, 0.25) is 5.91 Å². The Morgan fingerprint density at radius 3 is 2.68 bits per heavy atom. The highest BCUT2D eigenvalue weighted by atomic mass is 16.5. The molecule has 1 aromatic carbocycles. The number of benzene rings is 1. The Morgan fingerprint density at radius 2 is 2.00 bits per heavy atom. The van der Waals surface area contributed by atoms with Crippen molar-refractivity contribution in [1.82, 2.24) is 0 Å². The second-order valence-electron chi connectivity index (χ2n) is 5.10. The summed E-state index contributed by atoms with van der Waals surface area (Å²) in [6.07, 6.45) is 2.35. The van der Waals surface area contributed by atoms with E-state index in [1.807, 2.05) is 0 Å². The third-order valence-corrected chi connectivity index (χ3v) is 3.64. The summed E-state index contributed by atoms with van der Waals surface area (Å²) in [5, 5.41) is 12.1. The average molecular weight is 263 g/mol. The summed E-state index contributed by atoms with van der Waals surface area (Å²) < 4.78 is 11.1. The van der Waals surface area contributed by atoms with Crippen molar-refractivity contribution < 1.29 is 19.4 Å². The molecule has 2 aliphatic rings. The van der Waals surface area contributed by atoms with Crippen LogP contribution in [0.1, 0.15) is 19.3 Å². The first-order valence-corrected chi connectivity index (χ1v) is 6.55. The van der Waals surface area contributed by atoms with Crippen LogP contribution in [-0.4, -0.2) is 30.8 Å². The van der Waals surface area contributed by atoms with Gasteiger partial charge in [0.25, 0.3) is 0 Å². The molecule has 1 aliphatic carbocycles. The van der Waals surface area contributed by atoms with E-state index >= 15 is 0 Å². The molecule has 1 fully saturated rings. The molecule has 1 aliphatic heterocycles. The van der Waals surface area contributed by atoms with Crippen molar-refractivity contribution in [2.45, 2.75) is 19.3 Å². The van der Waals surface area contributed by atoms with Crippen molar-refractivity contribution in [3.63, 3.8) is 0 Å². The molecule has 1 amide bonds. The number of hydrogen-bond acceptors (Lipinski definition) is 4. The van der Waals surface area contributed by atoms with Crippen LogP contribution < -0.4 is 14.8 Å². The molecule has 3 rings (SSSR count). The maximum atomic E-state index is 12.0. The van der Waals surface area contributed by atoms with Crippen LogP contribution in [0.5, 0.6) is 11.5 Å². The standard InChI is InChI=1S/C14H17NO4/c16-9-14(4-5-14)13(17)15-10-2-3-11-12(8-10)19-7-1-6-18-11/h2-3,8,16H,1,4-7,9H2,(H,15,17). The monoisotopic (exact) mass is 263 g/mol. The van der Waals surface area contributed by atoms with Gasteiger partial charge in [0, 0.05) is 18.2 Å². The largest absolute Gasteiger partial charge is 0.490 e. The van der Waals surface area contributed by atoms with Crippen LogP contribution >= 0.6 is 0 Å². The maximum Gasteiger partial charge on any atom is 0.232 e. The molecule has 0 saturated heterocycles. The van der Waals surface area contributed by atoms with E-state index in [2.05, 4.69) is 5.32 Å². The molecule has 0 aromatic heterocycles. The molecule has 102 valence electrons. The highest BCUT2D eigenvalue weighted by molar-refractivity contribution is 5.97. The van der Waals surface area contributed by atoms with Gasteiger partial charge in [-0.3, -0.25) is 4.79 Å². The lowest BCUT2D eigenvalue weighted by atomic mass is 10.1. The number of rotatable bonds is 3. The fourth-order valence-corrected chi connectivity index (χ4v) is 2.11. The number of amides is 1.